The second-order valence-corrected chi connectivity index (χ2v) is 11.1. The summed E-state index contributed by atoms with van der Waals surface area (Å²) in [7, 11) is 0. The first-order valence-electron chi connectivity index (χ1n) is 12.0. The quantitative estimate of drug-likeness (QED) is 0.273. The third kappa shape index (κ3) is 4.49. The molecule has 0 fully saturated rings. The summed E-state index contributed by atoms with van der Waals surface area (Å²) in [6.45, 7) is 8.76. The van der Waals surface area contributed by atoms with E-state index in [0.717, 1.165) is 52.6 Å². The lowest BCUT2D eigenvalue weighted by Crippen LogP contribution is -2.05. The van der Waals surface area contributed by atoms with Crippen LogP contribution in [-0.4, -0.2) is 15.3 Å². The Balaban J connectivity index is 1.50. The van der Waals surface area contributed by atoms with Crippen LogP contribution in [-0.2, 0) is 19.3 Å². The van der Waals surface area contributed by atoms with Gasteiger partial charge in [0.2, 0.25) is 0 Å². The van der Waals surface area contributed by atoms with E-state index in [2.05, 4.69) is 68.7 Å². The molecule has 3 heterocycles. The molecule has 0 N–H and O–H groups in total. The van der Waals surface area contributed by atoms with Crippen LogP contribution >= 0.6 is 22.9 Å². The zero-order valence-electron chi connectivity index (χ0n) is 20.2. The highest BCUT2D eigenvalue weighted by Gasteiger charge is 2.27. The molecular weight excluding hydrogens is 458 g/mol. The summed E-state index contributed by atoms with van der Waals surface area (Å²) < 4.78 is 2.28. The van der Waals surface area contributed by atoms with Crippen molar-refractivity contribution in [3.63, 3.8) is 0 Å². The summed E-state index contributed by atoms with van der Waals surface area (Å²) in [5.41, 5.74) is 7.01. The third-order valence-corrected chi connectivity index (χ3v) is 7.85. The van der Waals surface area contributed by atoms with Crippen molar-refractivity contribution in [2.24, 2.45) is 10.9 Å². The van der Waals surface area contributed by atoms with Crippen molar-refractivity contribution < 1.29 is 0 Å². The molecule has 2 aromatic carbocycles. The van der Waals surface area contributed by atoms with E-state index in [1.165, 1.54) is 21.0 Å². The molecule has 1 atom stereocenters. The highest BCUT2D eigenvalue weighted by Crippen LogP contribution is 2.38. The number of rotatable bonds is 6. The largest absolute Gasteiger partial charge is 0.290 e. The number of halogens is 1. The van der Waals surface area contributed by atoms with Crippen LogP contribution in [0.15, 0.2) is 65.8 Å². The van der Waals surface area contributed by atoms with E-state index in [1.54, 1.807) is 0 Å². The molecular formula is C29H30ClN3S. The molecule has 0 spiro atoms. The van der Waals surface area contributed by atoms with Crippen LogP contribution in [0.5, 0.6) is 0 Å². The molecule has 34 heavy (non-hydrogen) atoms. The highest BCUT2D eigenvalue weighted by atomic mass is 35.5. The number of nitrogens with zero attached hydrogens (tertiary/aromatic N) is 3. The van der Waals surface area contributed by atoms with Gasteiger partial charge in [-0.3, -0.25) is 9.56 Å². The van der Waals surface area contributed by atoms with Crippen LogP contribution in [0.3, 0.4) is 0 Å². The zero-order valence-corrected chi connectivity index (χ0v) is 21.7. The lowest BCUT2D eigenvalue weighted by atomic mass is 10.00. The summed E-state index contributed by atoms with van der Waals surface area (Å²) in [5.74, 6) is 1.66. The van der Waals surface area contributed by atoms with Crippen LogP contribution in [0, 0.1) is 12.8 Å². The van der Waals surface area contributed by atoms with Gasteiger partial charge in [-0.05, 0) is 62.3 Å². The Labute approximate surface area is 211 Å². The number of imidazole rings is 1. The molecule has 5 rings (SSSR count). The predicted molar refractivity (Wildman–Crippen MR) is 144 cm³/mol. The van der Waals surface area contributed by atoms with Gasteiger partial charge in [-0.2, -0.15) is 0 Å². The first-order chi connectivity index (χ1) is 16.4. The van der Waals surface area contributed by atoms with E-state index in [4.69, 9.17) is 21.6 Å². The lowest BCUT2D eigenvalue weighted by Gasteiger charge is -2.09. The normalized spacial score (nSPS) is 15.1. The van der Waals surface area contributed by atoms with Crippen LogP contribution in [0.1, 0.15) is 65.5 Å². The number of thiophene rings is 1. The minimum Gasteiger partial charge on any atom is -0.290 e. The smallest absolute Gasteiger partial charge is 0.138 e. The second kappa shape index (κ2) is 9.52. The number of hydrogen-bond acceptors (Lipinski definition) is 3. The van der Waals surface area contributed by atoms with E-state index in [-0.39, 0.29) is 6.04 Å². The maximum atomic E-state index is 6.63. The molecule has 3 nitrogen and oxygen atoms in total. The van der Waals surface area contributed by atoms with Gasteiger partial charge in [-0.25, -0.2) is 4.98 Å². The summed E-state index contributed by atoms with van der Waals surface area (Å²) in [5, 5.41) is 1.92. The molecule has 0 aliphatic carbocycles. The van der Waals surface area contributed by atoms with Crippen molar-refractivity contribution >= 4 is 28.6 Å². The average molecular weight is 488 g/mol. The van der Waals surface area contributed by atoms with Gasteiger partial charge >= 0.3 is 0 Å². The van der Waals surface area contributed by atoms with Gasteiger partial charge in [0.25, 0.3) is 0 Å². The second-order valence-electron chi connectivity index (χ2n) is 9.57. The van der Waals surface area contributed by atoms with Crippen molar-refractivity contribution in [3.8, 4) is 5.00 Å². The number of hydrogen-bond donors (Lipinski definition) is 0. The Morgan fingerprint density at radius 2 is 1.74 bits per heavy atom. The van der Waals surface area contributed by atoms with Gasteiger partial charge in [0.05, 0.1) is 5.71 Å². The molecule has 1 aliphatic rings. The Hall–Kier alpha value is -2.69. The van der Waals surface area contributed by atoms with Crippen molar-refractivity contribution in [3.05, 3.63) is 104 Å². The topological polar surface area (TPSA) is 30.2 Å². The van der Waals surface area contributed by atoms with Crippen LogP contribution < -0.4 is 0 Å². The van der Waals surface area contributed by atoms with E-state index >= 15 is 0 Å². The molecule has 2 aromatic heterocycles. The van der Waals surface area contributed by atoms with Gasteiger partial charge < -0.3 is 0 Å². The van der Waals surface area contributed by atoms with Gasteiger partial charge in [0, 0.05) is 32.9 Å². The fraction of sp³-hybridized carbons (Fsp3) is 0.310. The average Bonchev–Trinajstić information content (AvgIpc) is 3.37. The Kier molecular flexibility index (Phi) is 6.46. The number of aromatic nitrogens is 2. The van der Waals surface area contributed by atoms with Crippen molar-refractivity contribution in [1.82, 2.24) is 9.55 Å². The van der Waals surface area contributed by atoms with E-state index in [1.807, 2.05) is 35.7 Å². The fourth-order valence-electron chi connectivity index (χ4n) is 4.67. The highest BCUT2D eigenvalue weighted by molar-refractivity contribution is 7.15. The molecule has 1 aliphatic heterocycles. The van der Waals surface area contributed by atoms with Crippen molar-refractivity contribution in [1.29, 1.82) is 0 Å². The summed E-state index contributed by atoms with van der Waals surface area (Å²) in [4.78, 5) is 11.2. The SMILES string of the molecule is Cc1cnc2n1-c1sc(CCc3ccc(CC(C)C)cc3)cc1C(c1ccccc1Cl)=NC2C. The Morgan fingerprint density at radius 3 is 2.47 bits per heavy atom. The van der Waals surface area contributed by atoms with Crippen molar-refractivity contribution in [2.45, 2.75) is 53.0 Å². The standard InChI is InChI=1S/C29H30ClN3S/c1-18(2)15-22-11-9-21(10-12-22)13-14-23-16-25-27(24-7-5-6-8-26(24)30)32-20(4)28-31-17-19(3)33(28)29(25)34-23/h5-12,16-18,20H,13-15H2,1-4H3. The first kappa shape index (κ1) is 23.1. The Bertz CT molecular complexity index is 1340. The van der Waals surface area contributed by atoms with Gasteiger partial charge in [0.1, 0.15) is 16.9 Å². The van der Waals surface area contributed by atoms with E-state index in [9.17, 15) is 0 Å². The summed E-state index contributed by atoms with van der Waals surface area (Å²) in [6.07, 6.45) is 5.10. The van der Waals surface area contributed by atoms with Gasteiger partial charge in [0.15, 0.2) is 0 Å². The molecule has 4 aromatic rings. The number of fused-ring (bicyclic) bond motifs is 3. The molecule has 0 saturated heterocycles. The molecule has 5 heteroatoms. The van der Waals surface area contributed by atoms with Crippen molar-refractivity contribution in [2.75, 3.05) is 0 Å². The van der Waals surface area contributed by atoms with E-state index < -0.39 is 0 Å². The Morgan fingerprint density at radius 1 is 1.00 bits per heavy atom. The third-order valence-electron chi connectivity index (χ3n) is 6.34. The number of aliphatic imine (C=N–C) groups is 1. The van der Waals surface area contributed by atoms with Crippen LogP contribution in [0.25, 0.3) is 5.00 Å². The molecule has 0 saturated carbocycles. The molecule has 0 bridgehead atoms. The van der Waals surface area contributed by atoms with E-state index in [0.29, 0.717) is 5.92 Å². The molecule has 0 amide bonds. The summed E-state index contributed by atoms with van der Waals surface area (Å²) in [6, 6.07) is 19.4. The summed E-state index contributed by atoms with van der Waals surface area (Å²) >= 11 is 8.48. The number of aryl methyl sites for hydroxylation is 3. The first-order valence-corrected chi connectivity index (χ1v) is 13.2. The zero-order chi connectivity index (χ0) is 23.8. The lowest BCUT2D eigenvalue weighted by molar-refractivity contribution is 0.647. The maximum Gasteiger partial charge on any atom is 0.138 e. The predicted octanol–water partition coefficient (Wildman–Crippen LogP) is 7.79. The van der Waals surface area contributed by atoms with Gasteiger partial charge in [-0.15, -0.1) is 11.3 Å². The monoisotopic (exact) mass is 487 g/mol. The minimum absolute atomic E-state index is 0.0487. The minimum atomic E-state index is -0.0487. The fourth-order valence-corrected chi connectivity index (χ4v) is 6.12. The molecule has 0 radical (unpaired) electrons. The molecule has 1 unspecified atom stereocenters. The molecule has 174 valence electrons. The van der Waals surface area contributed by atoms with Crippen LogP contribution in [0.2, 0.25) is 5.02 Å². The number of benzene rings is 2. The maximum absolute atomic E-state index is 6.63. The van der Waals surface area contributed by atoms with Gasteiger partial charge in [-0.1, -0.05) is 67.9 Å². The van der Waals surface area contributed by atoms with Crippen LogP contribution in [0.4, 0.5) is 0 Å².